The number of nitrogens with one attached hydrogen (secondary N) is 1. The van der Waals surface area contributed by atoms with Crippen molar-refractivity contribution in [3.05, 3.63) is 96.2 Å². The first-order chi connectivity index (χ1) is 16.0. The smallest absolute Gasteiger partial charge is 0.414 e. The molecule has 3 aromatic rings. The number of rotatable bonds is 9. The molecule has 1 amide bonds. The summed E-state index contributed by atoms with van der Waals surface area (Å²) in [6.45, 7) is 6.46. The summed E-state index contributed by atoms with van der Waals surface area (Å²) in [4.78, 5) is 17.7. The molecule has 0 bridgehead atoms. The lowest BCUT2D eigenvalue weighted by Gasteiger charge is -2.15. The molecule has 4 rings (SSSR count). The number of allylic oxidation sites excluding steroid dienone is 1. The third kappa shape index (κ3) is 5.93. The highest BCUT2D eigenvalue weighted by molar-refractivity contribution is 7.97. The monoisotopic (exact) mass is 463 g/mol. The Balaban J connectivity index is 1.37. The first-order valence-corrected chi connectivity index (χ1v) is 11.9. The molecule has 0 aliphatic carbocycles. The summed E-state index contributed by atoms with van der Waals surface area (Å²) in [5.41, 5.74) is 5.02. The zero-order chi connectivity index (χ0) is 23.2. The van der Waals surface area contributed by atoms with E-state index in [-0.39, 0.29) is 11.9 Å². The zero-order valence-electron chi connectivity index (χ0n) is 18.5. The fourth-order valence-corrected chi connectivity index (χ4v) is 4.54. The number of halogens is 1. The molecule has 0 spiro atoms. The van der Waals surface area contributed by atoms with Gasteiger partial charge in [-0.05, 0) is 53.9 Å². The third-order valence-electron chi connectivity index (χ3n) is 5.32. The molecule has 0 saturated carbocycles. The molecule has 1 aliphatic rings. The van der Waals surface area contributed by atoms with Gasteiger partial charge >= 0.3 is 6.09 Å². The van der Waals surface area contributed by atoms with Crippen LogP contribution in [-0.2, 0) is 16.2 Å². The molecule has 1 fully saturated rings. The lowest BCUT2D eigenvalue weighted by molar-refractivity contribution is 0.141. The minimum atomic E-state index is -0.468. The Labute approximate surface area is 197 Å². The molecule has 1 N–H and O–H groups in total. The van der Waals surface area contributed by atoms with Gasteiger partial charge in [0.25, 0.3) is 0 Å². The van der Waals surface area contributed by atoms with Gasteiger partial charge in [-0.15, -0.1) is 0 Å². The number of hydrogen-bond acceptors (Lipinski definition) is 5. The van der Waals surface area contributed by atoms with Crippen molar-refractivity contribution in [3.63, 3.8) is 0 Å². The molecule has 1 saturated heterocycles. The van der Waals surface area contributed by atoms with Crippen molar-refractivity contribution in [2.45, 2.75) is 24.5 Å². The SMILES string of the molecule is C=C(C)NCC1CN(c2ccc(-c3ccc(CSCc4ccncc4)cc3)c(F)c2)C(=O)O1. The van der Waals surface area contributed by atoms with Gasteiger partial charge in [-0.3, -0.25) is 9.88 Å². The van der Waals surface area contributed by atoms with E-state index in [2.05, 4.69) is 16.9 Å². The Morgan fingerprint density at radius 3 is 2.52 bits per heavy atom. The van der Waals surface area contributed by atoms with E-state index in [1.54, 1.807) is 24.5 Å². The molecular formula is C26H26FN3O2S. The van der Waals surface area contributed by atoms with Crippen LogP contribution in [0.4, 0.5) is 14.9 Å². The molecule has 2 heterocycles. The number of amides is 1. The fraction of sp³-hybridized carbons (Fsp3) is 0.231. The molecule has 1 atom stereocenters. The normalized spacial score (nSPS) is 15.4. The Morgan fingerprint density at radius 1 is 1.15 bits per heavy atom. The van der Waals surface area contributed by atoms with Gasteiger partial charge in [0.2, 0.25) is 0 Å². The van der Waals surface area contributed by atoms with Crippen molar-refractivity contribution >= 4 is 23.5 Å². The minimum Gasteiger partial charge on any atom is -0.442 e. The van der Waals surface area contributed by atoms with Crippen LogP contribution >= 0.6 is 11.8 Å². The number of aromatic nitrogens is 1. The number of hydrogen-bond donors (Lipinski definition) is 1. The van der Waals surface area contributed by atoms with Crippen LogP contribution in [0.15, 0.2) is 79.3 Å². The maximum atomic E-state index is 14.9. The molecule has 5 nitrogen and oxygen atoms in total. The van der Waals surface area contributed by atoms with E-state index in [1.807, 2.05) is 55.1 Å². The van der Waals surface area contributed by atoms with Gasteiger partial charge in [0.05, 0.1) is 18.8 Å². The van der Waals surface area contributed by atoms with Gasteiger partial charge in [-0.2, -0.15) is 11.8 Å². The molecule has 2 aromatic carbocycles. The summed E-state index contributed by atoms with van der Waals surface area (Å²) in [5.74, 6) is 1.43. The quantitative estimate of drug-likeness (QED) is 0.437. The molecule has 170 valence electrons. The Kier molecular flexibility index (Phi) is 7.29. The molecule has 1 aromatic heterocycles. The van der Waals surface area contributed by atoms with Crippen molar-refractivity contribution in [2.75, 3.05) is 18.0 Å². The molecule has 33 heavy (non-hydrogen) atoms. The summed E-state index contributed by atoms with van der Waals surface area (Å²) in [6.07, 6.45) is 2.83. The van der Waals surface area contributed by atoms with Crippen LogP contribution in [0.3, 0.4) is 0 Å². The van der Waals surface area contributed by atoms with Crippen LogP contribution < -0.4 is 10.2 Å². The lowest BCUT2D eigenvalue weighted by Crippen LogP contribution is -2.30. The first kappa shape index (κ1) is 22.9. The van der Waals surface area contributed by atoms with Gasteiger partial charge in [0.1, 0.15) is 11.9 Å². The average molecular weight is 464 g/mol. The van der Waals surface area contributed by atoms with Crippen LogP contribution in [0, 0.1) is 5.82 Å². The number of carbonyl (C=O) groups excluding carboxylic acids is 1. The number of anilines is 1. The van der Waals surface area contributed by atoms with Crippen LogP contribution in [0.25, 0.3) is 11.1 Å². The second-order valence-corrected chi connectivity index (χ2v) is 8.97. The molecule has 0 radical (unpaired) electrons. The van der Waals surface area contributed by atoms with E-state index in [0.29, 0.717) is 24.3 Å². The maximum absolute atomic E-state index is 14.9. The van der Waals surface area contributed by atoms with E-state index < -0.39 is 6.09 Å². The van der Waals surface area contributed by atoms with Gasteiger partial charge in [0.15, 0.2) is 0 Å². The standard InChI is InChI=1S/C26H26FN3O2S/c1-18(2)29-14-23-15-30(26(31)32-23)22-7-8-24(25(27)13-22)21-5-3-19(4-6-21)16-33-17-20-9-11-28-12-10-20/h3-13,23,29H,1,14-17H2,2H3. The summed E-state index contributed by atoms with van der Waals surface area (Å²) < 4.78 is 20.3. The second kappa shape index (κ2) is 10.5. The molecule has 1 aliphatic heterocycles. The van der Waals surface area contributed by atoms with Gasteiger partial charge in [-0.1, -0.05) is 30.8 Å². The number of ether oxygens (including phenoxy) is 1. The highest BCUT2D eigenvalue weighted by Crippen LogP contribution is 2.30. The van der Waals surface area contributed by atoms with Crippen LogP contribution in [-0.4, -0.2) is 30.3 Å². The topological polar surface area (TPSA) is 54.5 Å². The van der Waals surface area contributed by atoms with Crippen molar-refractivity contribution in [2.24, 2.45) is 0 Å². The molecular weight excluding hydrogens is 437 g/mol. The predicted molar refractivity (Wildman–Crippen MR) is 132 cm³/mol. The summed E-state index contributed by atoms with van der Waals surface area (Å²) in [5, 5.41) is 3.07. The van der Waals surface area contributed by atoms with E-state index in [1.165, 1.54) is 22.1 Å². The number of cyclic esters (lactones) is 1. The third-order valence-corrected chi connectivity index (χ3v) is 6.40. The predicted octanol–water partition coefficient (Wildman–Crippen LogP) is 5.77. The first-order valence-electron chi connectivity index (χ1n) is 10.7. The largest absolute Gasteiger partial charge is 0.442 e. The average Bonchev–Trinajstić information content (AvgIpc) is 3.19. The highest BCUT2D eigenvalue weighted by Gasteiger charge is 2.32. The molecule has 7 heteroatoms. The van der Waals surface area contributed by atoms with E-state index in [0.717, 1.165) is 22.8 Å². The number of thioether (sulfide) groups is 1. The summed E-state index contributed by atoms with van der Waals surface area (Å²) >= 11 is 1.83. The molecule has 1 unspecified atom stereocenters. The van der Waals surface area contributed by atoms with Crippen molar-refractivity contribution in [1.82, 2.24) is 10.3 Å². The minimum absolute atomic E-state index is 0.305. The summed E-state index contributed by atoms with van der Waals surface area (Å²) in [6, 6.07) is 16.8. The Bertz CT molecular complexity index is 1120. The van der Waals surface area contributed by atoms with Crippen molar-refractivity contribution in [3.8, 4) is 11.1 Å². The zero-order valence-corrected chi connectivity index (χ0v) is 19.3. The van der Waals surface area contributed by atoms with Gasteiger partial charge in [-0.25, -0.2) is 9.18 Å². The van der Waals surface area contributed by atoms with Crippen LogP contribution in [0.2, 0.25) is 0 Å². The number of nitrogens with zero attached hydrogens (tertiary/aromatic N) is 2. The summed E-state index contributed by atoms with van der Waals surface area (Å²) in [7, 11) is 0. The fourth-order valence-electron chi connectivity index (χ4n) is 3.58. The van der Waals surface area contributed by atoms with Crippen LogP contribution in [0.5, 0.6) is 0 Å². The van der Waals surface area contributed by atoms with E-state index in [4.69, 9.17) is 4.74 Å². The van der Waals surface area contributed by atoms with Crippen LogP contribution in [0.1, 0.15) is 18.1 Å². The Morgan fingerprint density at radius 2 is 1.85 bits per heavy atom. The number of pyridine rings is 1. The number of carbonyl (C=O) groups is 1. The highest BCUT2D eigenvalue weighted by atomic mass is 32.2. The Hall–Kier alpha value is -3.32. The number of benzene rings is 2. The van der Waals surface area contributed by atoms with Gasteiger partial charge in [0, 0.05) is 35.2 Å². The van der Waals surface area contributed by atoms with Crippen molar-refractivity contribution in [1.29, 1.82) is 0 Å². The van der Waals surface area contributed by atoms with Gasteiger partial charge < -0.3 is 10.1 Å². The maximum Gasteiger partial charge on any atom is 0.414 e. The van der Waals surface area contributed by atoms with Crippen molar-refractivity contribution < 1.29 is 13.9 Å². The lowest BCUT2D eigenvalue weighted by atomic mass is 10.0. The second-order valence-electron chi connectivity index (χ2n) is 7.99. The van der Waals surface area contributed by atoms with E-state index >= 15 is 0 Å². The van der Waals surface area contributed by atoms with E-state index in [9.17, 15) is 9.18 Å².